The number of hydrogen-bond donors (Lipinski definition) is 2. The monoisotopic (exact) mass is 426 g/mol. The number of halogens is 1. The summed E-state index contributed by atoms with van der Waals surface area (Å²) in [5, 5.41) is 12.2. The molecule has 8 nitrogen and oxygen atoms in total. The van der Waals surface area contributed by atoms with Crippen LogP contribution in [0.3, 0.4) is 0 Å². The minimum Gasteiger partial charge on any atom is -0.508 e. The Kier molecular flexibility index (Phi) is 5.85. The van der Waals surface area contributed by atoms with Crippen LogP contribution in [0.5, 0.6) is 5.75 Å². The van der Waals surface area contributed by atoms with Gasteiger partial charge in [-0.05, 0) is 54.8 Å². The van der Waals surface area contributed by atoms with Crippen molar-refractivity contribution in [1.29, 1.82) is 0 Å². The van der Waals surface area contributed by atoms with Crippen molar-refractivity contribution in [3.05, 3.63) is 64.5 Å². The highest BCUT2D eigenvalue weighted by Gasteiger charge is 2.18. The molecule has 0 unspecified atom stereocenters. The number of furan rings is 1. The molecule has 0 saturated carbocycles. The summed E-state index contributed by atoms with van der Waals surface area (Å²) in [6, 6.07) is 7.87. The number of nitrogens with zero attached hydrogens (tertiary/aromatic N) is 3. The minimum absolute atomic E-state index is 0.0740. The van der Waals surface area contributed by atoms with Crippen LogP contribution in [0.25, 0.3) is 0 Å². The number of carbonyl (C=O) groups excluding carboxylic acids is 1. The molecule has 1 saturated heterocycles. The number of rotatable bonds is 5. The number of hydrogen-bond acceptors (Lipinski definition) is 7. The lowest BCUT2D eigenvalue weighted by Gasteiger charge is -2.27. The van der Waals surface area contributed by atoms with Crippen LogP contribution < -0.4 is 10.2 Å². The summed E-state index contributed by atoms with van der Waals surface area (Å²) in [5.41, 5.74) is 2.88. The van der Waals surface area contributed by atoms with Crippen LogP contribution in [0.1, 0.15) is 33.0 Å². The van der Waals surface area contributed by atoms with Gasteiger partial charge in [-0.1, -0.05) is 0 Å². The van der Waals surface area contributed by atoms with E-state index in [0.29, 0.717) is 44.3 Å². The van der Waals surface area contributed by atoms with Gasteiger partial charge in [-0.15, -0.1) is 0 Å². The summed E-state index contributed by atoms with van der Waals surface area (Å²) < 4.78 is 25.0. The van der Waals surface area contributed by atoms with Crippen molar-refractivity contribution in [2.24, 2.45) is 0 Å². The highest BCUT2D eigenvalue weighted by molar-refractivity contribution is 6.01. The molecule has 0 bridgehead atoms. The van der Waals surface area contributed by atoms with Gasteiger partial charge < -0.3 is 19.2 Å². The largest absolute Gasteiger partial charge is 0.508 e. The Labute approximate surface area is 178 Å². The fraction of sp³-hybridized carbons (Fsp3) is 0.318. The summed E-state index contributed by atoms with van der Waals surface area (Å²) in [6.45, 7) is 6.05. The van der Waals surface area contributed by atoms with Crippen molar-refractivity contribution in [3.8, 4) is 5.75 Å². The second-order valence-electron chi connectivity index (χ2n) is 7.43. The SMILES string of the molecule is Cc1cc(O)cc(C)c1Cc1ccc(C(=O)Nc2nc(F)cc(N3CCOCC3)n2)o1. The van der Waals surface area contributed by atoms with E-state index in [1.165, 1.54) is 6.07 Å². The van der Waals surface area contributed by atoms with Crippen LogP contribution in [-0.2, 0) is 11.2 Å². The smallest absolute Gasteiger partial charge is 0.293 e. The van der Waals surface area contributed by atoms with E-state index in [-0.39, 0.29) is 17.5 Å². The number of aromatic hydroxyl groups is 1. The number of phenolic OH excluding ortho intramolecular Hbond substituents is 1. The molecule has 1 amide bonds. The number of aromatic nitrogens is 2. The molecule has 0 aliphatic carbocycles. The van der Waals surface area contributed by atoms with Gasteiger partial charge in [0.25, 0.3) is 5.91 Å². The van der Waals surface area contributed by atoms with Gasteiger partial charge in [0.05, 0.1) is 13.2 Å². The van der Waals surface area contributed by atoms with E-state index in [2.05, 4.69) is 15.3 Å². The molecule has 4 rings (SSSR count). The predicted octanol–water partition coefficient (Wildman–Crippen LogP) is 3.21. The fourth-order valence-corrected chi connectivity index (χ4v) is 3.60. The molecule has 1 aromatic carbocycles. The van der Waals surface area contributed by atoms with Crippen LogP contribution >= 0.6 is 0 Å². The normalized spacial score (nSPS) is 14.0. The maximum Gasteiger partial charge on any atom is 0.293 e. The van der Waals surface area contributed by atoms with Gasteiger partial charge in [-0.25, -0.2) is 0 Å². The lowest BCUT2D eigenvalue weighted by atomic mass is 9.98. The summed E-state index contributed by atoms with van der Waals surface area (Å²) in [7, 11) is 0. The molecule has 0 spiro atoms. The number of phenols is 1. The second kappa shape index (κ2) is 8.73. The lowest BCUT2D eigenvalue weighted by Crippen LogP contribution is -2.37. The van der Waals surface area contributed by atoms with E-state index in [9.17, 15) is 14.3 Å². The van der Waals surface area contributed by atoms with Crippen molar-refractivity contribution in [1.82, 2.24) is 9.97 Å². The van der Waals surface area contributed by atoms with Crippen LogP contribution in [0.2, 0.25) is 0 Å². The lowest BCUT2D eigenvalue weighted by molar-refractivity contribution is 0.0994. The molecule has 2 N–H and O–H groups in total. The first kappa shape index (κ1) is 20.8. The van der Waals surface area contributed by atoms with E-state index in [1.54, 1.807) is 24.3 Å². The Morgan fingerprint density at radius 2 is 1.87 bits per heavy atom. The molecule has 1 fully saturated rings. The van der Waals surface area contributed by atoms with E-state index < -0.39 is 11.9 Å². The molecule has 2 aromatic heterocycles. The van der Waals surface area contributed by atoms with Gasteiger partial charge in [0.15, 0.2) is 5.76 Å². The first-order valence-electron chi connectivity index (χ1n) is 9.95. The average Bonchev–Trinajstić information content (AvgIpc) is 3.20. The Morgan fingerprint density at radius 3 is 2.58 bits per heavy atom. The first-order chi connectivity index (χ1) is 14.9. The zero-order valence-electron chi connectivity index (χ0n) is 17.3. The standard InChI is InChI=1S/C22H23FN4O4/c1-13-9-15(28)10-14(2)17(13)11-16-3-4-18(31-16)21(29)26-22-24-19(23)12-20(25-22)27-5-7-30-8-6-27/h3-4,9-10,12,28H,5-8,11H2,1-2H3,(H,24,25,26,29). The quantitative estimate of drug-likeness (QED) is 0.604. The van der Waals surface area contributed by atoms with Gasteiger partial charge >= 0.3 is 0 Å². The van der Waals surface area contributed by atoms with Gasteiger partial charge in [0.2, 0.25) is 11.9 Å². The maximum absolute atomic E-state index is 14.0. The molecule has 1 aliphatic heterocycles. The van der Waals surface area contributed by atoms with E-state index in [1.807, 2.05) is 18.7 Å². The second-order valence-corrected chi connectivity index (χ2v) is 7.43. The number of ether oxygens (including phenoxy) is 1. The highest BCUT2D eigenvalue weighted by Crippen LogP contribution is 2.24. The molecular weight excluding hydrogens is 403 g/mol. The minimum atomic E-state index is -0.731. The fourth-order valence-electron chi connectivity index (χ4n) is 3.60. The van der Waals surface area contributed by atoms with E-state index >= 15 is 0 Å². The van der Waals surface area contributed by atoms with Crippen molar-refractivity contribution in [2.75, 3.05) is 36.5 Å². The van der Waals surface area contributed by atoms with Crippen molar-refractivity contribution < 1.29 is 23.4 Å². The molecule has 31 heavy (non-hydrogen) atoms. The third-order valence-electron chi connectivity index (χ3n) is 5.16. The van der Waals surface area contributed by atoms with Crippen molar-refractivity contribution in [2.45, 2.75) is 20.3 Å². The molecule has 162 valence electrons. The topological polar surface area (TPSA) is 101 Å². The summed E-state index contributed by atoms with van der Waals surface area (Å²) >= 11 is 0. The average molecular weight is 426 g/mol. The number of nitrogens with one attached hydrogen (secondary N) is 1. The summed E-state index contributed by atoms with van der Waals surface area (Å²) in [6.07, 6.45) is 0.475. The number of amides is 1. The summed E-state index contributed by atoms with van der Waals surface area (Å²) in [5.74, 6) is -0.154. The molecular formula is C22H23FN4O4. The number of benzene rings is 1. The molecule has 0 radical (unpaired) electrons. The molecule has 0 atom stereocenters. The molecule has 3 heterocycles. The Balaban J connectivity index is 1.48. The Morgan fingerprint density at radius 1 is 1.16 bits per heavy atom. The van der Waals surface area contributed by atoms with E-state index in [4.69, 9.17) is 9.15 Å². The van der Waals surface area contributed by atoms with Gasteiger partial charge in [-0.3, -0.25) is 10.1 Å². The number of aryl methyl sites for hydroxylation is 2. The van der Waals surface area contributed by atoms with Gasteiger partial charge in [-0.2, -0.15) is 14.4 Å². The number of carbonyl (C=O) groups is 1. The third-order valence-corrected chi connectivity index (χ3v) is 5.16. The molecule has 3 aromatic rings. The Hall–Kier alpha value is -3.46. The zero-order valence-corrected chi connectivity index (χ0v) is 17.3. The third kappa shape index (κ3) is 4.83. The maximum atomic E-state index is 14.0. The van der Waals surface area contributed by atoms with Crippen LogP contribution in [0.15, 0.2) is 34.7 Å². The first-order valence-corrected chi connectivity index (χ1v) is 9.95. The zero-order chi connectivity index (χ0) is 22.0. The van der Waals surface area contributed by atoms with Crippen molar-refractivity contribution >= 4 is 17.7 Å². The Bertz CT molecular complexity index is 1090. The predicted molar refractivity (Wildman–Crippen MR) is 112 cm³/mol. The number of anilines is 2. The van der Waals surface area contributed by atoms with Gasteiger partial charge in [0.1, 0.15) is 17.3 Å². The summed E-state index contributed by atoms with van der Waals surface area (Å²) in [4.78, 5) is 22.4. The number of morpholine rings is 1. The van der Waals surface area contributed by atoms with Gasteiger partial charge in [0, 0.05) is 25.6 Å². The van der Waals surface area contributed by atoms with E-state index in [0.717, 1.165) is 16.7 Å². The van der Waals surface area contributed by atoms with Crippen LogP contribution in [-0.4, -0.2) is 47.3 Å². The highest BCUT2D eigenvalue weighted by atomic mass is 19.1. The molecule has 1 aliphatic rings. The van der Waals surface area contributed by atoms with Crippen LogP contribution in [0, 0.1) is 19.8 Å². The van der Waals surface area contributed by atoms with Crippen LogP contribution in [0.4, 0.5) is 16.2 Å². The van der Waals surface area contributed by atoms with Crippen molar-refractivity contribution in [3.63, 3.8) is 0 Å². The molecule has 9 heteroatoms.